The van der Waals surface area contributed by atoms with Gasteiger partial charge in [0, 0.05) is 26.0 Å². The standard InChI is InChI=1S/C17H21FN4O2/c1-22-9-8-20-16(22)15(11-2-4-12(18)5-3-11)21-17(23)14-7-6-13(10-19)24-14/h2-5,8-9,13-15H,6-7,10,19H2,1H3,(H,21,23)/t13-,14+,15?/m1/s1. The average molecular weight is 332 g/mol. The summed E-state index contributed by atoms with van der Waals surface area (Å²) in [5.74, 6) is 0.139. The predicted octanol–water partition coefficient (Wildman–Crippen LogP) is 1.27. The van der Waals surface area contributed by atoms with Crippen LogP contribution in [-0.2, 0) is 16.6 Å². The largest absolute Gasteiger partial charge is 0.364 e. The summed E-state index contributed by atoms with van der Waals surface area (Å²) in [7, 11) is 1.85. The Labute approximate surface area is 139 Å². The number of aromatic nitrogens is 2. The number of halogens is 1. The lowest BCUT2D eigenvalue weighted by atomic mass is 10.1. The Morgan fingerprint density at radius 2 is 2.21 bits per heavy atom. The first-order chi connectivity index (χ1) is 11.6. The van der Waals surface area contributed by atoms with Crippen LogP contribution in [0.3, 0.4) is 0 Å². The van der Waals surface area contributed by atoms with Crippen LogP contribution in [-0.4, -0.2) is 34.2 Å². The fraction of sp³-hybridized carbons (Fsp3) is 0.412. The van der Waals surface area contributed by atoms with Gasteiger partial charge < -0.3 is 20.4 Å². The Morgan fingerprint density at radius 3 is 2.79 bits per heavy atom. The van der Waals surface area contributed by atoms with Gasteiger partial charge in [-0.25, -0.2) is 9.37 Å². The van der Waals surface area contributed by atoms with E-state index in [0.717, 1.165) is 12.0 Å². The number of rotatable bonds is 5. The molecule has 1 unspecified atom stereocenters. The number of aryl methyl sites for hydroxylation is 1. The summed E-state index contributed by atoms with van der Waals surface area (Å²) >= 11 is 0. The van der Waals surface area contributed by atoms with Crippen LogP contribution in [0.15, 0.2) is 36.7 Å². The third kappa shape index (κ3) is 3.47. The second-order valence-electron chi connectivity index (χ2n) is 5.95. The topological polar surface area (TPSA) is 82.2 Å². The van der Waals surface area contributed by atoms with E-state index in [-0.39, 0.29) is 17.8 Å². The summed E-state index contributed by atoms with van der Waals surface area (Å²) in [4.78, 5) is 16.9. The summed E-state index contributed by atoms with van der Waals surface area (Å²) in [5.41, 5.74) is 6.35. The lowest BCUT2D eigenvalue weighted by Gasteiger charge is -2.21. The minimum atomic E-state index is -0.512. The van der Waals surface area contributed by atoms with E-state index >= 15 is 0 Å². The number of carbonyl (C=O) groups is 1. The molecule has 1 amide bonds. The monoisotopic (exact) mass is 332 g/mol. The molecular formula is C17H21FN4O2. The summed E-state index contributed by atoms with van der Waals surface area (Å²) in [6.45, 7) is 0.407. The van der Waals surface area contributed by atoms with E-state index in [2.05, 4.69) is 10.3 Å². The number of hydrogen-bond acceptors (Lipinski definition) is 4. The number of benzene rings is 1. The van der Waals surface area contributed by atoms with E-state index in [4.69, 9.17) is 10.5 Å². The number of nitrogens with one attached hydrogen (secondary N) is 1. The lowest BCUT2D eigenvalue weighted by molar-refractivity contribution is -0.132. The fourth-order valence-corrected chi connectivity index (χ4v) is 2.91. The van der Waals surface area contributed by atoms with E-state index < -0.39 is 12.1 Å². The van der Waals surface area contributed by atoms with Crippen molar-refractivity contribution in [2.75, 3.05) is 6.54 Å². The predicted molar refractivity (Wildman–Crippen MR) is 86.5 cm³/mol. The zero-order chi connectivity index (χ0) is 17.1. The molecule has 0 spiro atoms. The number of ether oxygens (including phenoxy) is 1. The highest BCUT2D eigenvalue weighted by Gasteiger charge is 2.32. The Bertz CT molecular complexity index is 701. The van der Waals surface area contributed by atoms with Crippen LogP contribution in [0.25, 0.3) is 0 Å². The smallest absolute Gasteiger partial charge is 0.249 e. The molecule has 6 nitrogen and oxygen atoms in total. The van der Waals surface area contributed by atoms with Crippen molar-refractivity contribution >= 4 is 5.91 Å². The molecule has 0 radical (unpaired) electrons. The van der Waals surface area contributed by atoms with Crippen LogP contribution in [0, 0.1) is 5.82 Å². The molecule has 7 heteroatoms. The molecule has 1 aromatic heterocycles. The van der Waals surface area contributed by atoms with Gasteiger partial charge in [0.2, 0.25) is 5.91 Å². The van der Waals surface area contributed by atoms with Gasteiger partial charge in [-0.05, 0) is 30.5 Å². The zero-order valence-electron chi connectivity index (χ0n) is 13.5. The molecule has 3 N–H and O–H groups in total. The fourth-order valence-electron chi connectivity index (χ4n) is 2.91. The van der Waals surface area contributed by atoms with Crippen molar-refractivity contribution < 1.29 is 13.9 Å². The molecule has 3 atom stereocenters. The number of nitrogens with zero attached hydrogens (tertiary/aromatic N) is 2. The third-order valence-corrected chi connectivity index (χ3v) is 4.27. The maximum atomic E-state index is 13.2. The second-order valence-corrected chi connectivity index (χ2v) is 5.95. The minimum absolute atomic E-state index is 0.0711. The van der Waals surface area contributed by atoms with Crippen molar-refractivity contribution in [3.63, 3.8) is 0 Å². The first kappa shape index (κ1) is 16.6. The number of amides is 1. The van der Waals surface area contributed by atoms with Crippen molar-refractivity contribution in [2.24, 2.45) is 12.8 Å². The summed E-state index contributed by atoms with van der Waals surface area (Å²) in [5, 5.41) is 2.97. The third-order valence-electron chi connectivity index (χ3n) is 4.27. The normalized spacial score (nSPS) is 21.6. The molecule has 0 bridgehead atoms. The van der Waals surface area contributed by atoms with Crippen molar-refractivity contribution in [3.05, 3.63) is 53.9 Å². The van der Waals surface area contributed by atoms with Gasteiger partial charge in [-0.2, -0.15) is 0 Å². The van der Waals surface area contributed by atoms with E-state index in [0.29, 0.717) is 18.8 Å². The van der Waals surface area contributed by atoms with Crippen molar-refractivity contribution in [1.29, 1.82) is 0 Å². The van der Waals surface area contributed by atoms with E-state index in [1.54, 1.807) is 24.5 Å². The van der Waals surface area contributed by atoms with Crippen LogP contribution >= 0.6 is 0 Å². The maximum Gasteiger partial charge on any atom is 0.249 e. The first-order valence-corrected chi connectivity index (χ1v) is 7.97. The molecule has 1 saturated heterocycles. The number of nitrogens with two attached hydrogens (primary N) is 1. The molecule has 3 rings (SSSR count). The van der Waals surface area contributed by atoms with E-state index in [9.17, 15) is 9.18 Å². The van der Waals surface area contributed by atoms with Gasteiger partial charge in [0.1, 0.15) is 23.8 Å². The van der Waals surface area contributed by atoms with Crippen molar-refractivity contribution in [2.45, 2.75) is 31.1 Å². The summed E-state index contributed by atoms with van der Waals surface area (Å²) in [6, 6.07) is 5.56. The number of hydrogen-bond donors (Lipinski definition) is 2. The van der Waals surface area contributed by atoms with Crippen LogP contribution in [0.5, 0.6) is 0 Å². The molecule has 128 valence electrons. The Morgan fingerprint density at radius 1 is 1.46 bits per heavy atom. The van der Waals surface area contributed by atoms with Crippen LogP contribution in [0.2, 0.25) is 0 Å². The Balaban J connectivity index is 1.82. The molecule has 0 aliphatic carbocycles. The molecule has 1 aromatic carbocycles. The van der Waals surface area contributed by atoms with E-state index in [1.165, 1.54) is 12.1 Å². The molecule has 1 aliphatic rings. The molecule has 24 heavy (non-hydrogen) atoms. The molecule has 0 saturated carbocycles. The van der Waals surface area contributed by atoms with Crippen LogP contribution in [0.1, 0.15) is 30.3 Å². The highest BCUT2D eigenvalue weighted by Crippen LogP contribution is 2.24. The molecule has 2 aromatic rings. The van der Waals surface area contributed by atoms with Gasteiger partial charge in [0.15, 0.2) is 0 Å². The Kier molecular flexibility index (Phi) is 4.92. The maximum absolute atomic E-state index is 13.2. The summed E-state index contributed by atoms with van der Waals surface area (Å²) in [6.07, 6.45) is 4.30. The lowest BCUT2D eigenvalue weighted by Crippen LogP contribution is -2.39. The quantitative estimate of drug-likeness (QED) is 0.864. The van der Waals surface area contributed by atoms with E-state index in [1.807, 2.05) is 11.6 Å². The van der Waals surface area contributed by atoms with Crippen molar-refractivity contribution in [3.8, 4) is 0 Å². The van der Waals surface area contributed by atoms with Crippen LogP contribution in [0.4, 0.5) is 4.39 Å². The van der Waals surface area contributed by atoms with Crippen molar-refractivity contribution in [1.82, 2.24) is 14.9 Å². The average Bonchev–Trinajstić information content (AvgIpc) is 3.22. The number of carbonyl (C=O) groups excluding carboxylic acids is 1. The molecule has 1 fully saturated rings. The van der Waals surface area contributed by atoms with Gasteiger partial charge in [-0.15, -0.1) is 0 Å². The minimum Gasteiger partial charge on any atom is -0.364 e. The highest BCUT2D eigenvalue weighted by atomic mass is 19.1. The van der Waals surface area contributed by atoms with Gasteiger partial charge >= 0.3 is 0 Å². The summed E-state index contributed by atoms with van der Waals surface area (Å²) < 4.78 is 20.7. The van der Waals surface area contributed by atoms with Gasteiger partial charge in [-0.1, -0.05) is 12.1 Å². The van der Waals surface area contributed by atoms with Gasteiger partial charge in [-0.3, -0.25) is 4.79 Å². The molecule has 1 aliphatic heterocycles. The first-order valence-electron chi connectivity index (χ1n) is 7.97. The van der Waals surface area contributed by atoms with Gasteiger partial charge in [0.25, 0.3) is 0 Å². The SMILES string of the molecule is Cn1ccnc1C(NC(=O)[C@@H]1CC[C@H](CN)O1)c1ccc(F)cc1. The van der Waals surface area contributed by atoms with Gasteiger partial charge in [0.05, 0.1) is 6.10 Å². The highest BCUT2D eigenvalue weighted by molar-refractivity contribution is 5.81. The number of imidazole rings is 1. The molecular weight excluding hydrogens is 311 g/mol. The molecule has 2 heterocycles. The zero-order valence-corrected chi connectivity index (χ0v) is 13.5. The second kappa shape index (κ2) is 7.11. The Hall–Kier alpha value is -2.25. The van der Waals surface area contributed by atoms with Crippen LogP contribution < -0.4 is 11.1 Å².